The van der Waals surface area contributed by atoms with Crippen molar-refractivity contribution in [3.05, 3.63) is 57.6 Å². The molecular formula is C16H16ClF2NO. The number of anilines is 1. The van der Waals surface area contributed by atoms with Gasteiger partial charge in [-0.3, -0.25) is 0 Å². The van der Waals surface area contributed by atoms with Gasteiger partial charge in [0.1, 0.15) is 5.75 Å². The average molecular weight is 312 g/mol. The van der Waals surface area contributed by atoms with Crippen LogP contribution in [0.4, 0.5) is 14.5 Å². The first-order valence-electron chi connectivity index (χ1n) is 6.55. The van der Waals surface area contributed by atoms with Crippen LogP contribution in [0, 0.1) is 11.6 Å². The molecule has 0 bridgehead atoms. The van der Waals surface area contributed by atoms with E-state index < -0.39 is 11.6 Å². The molecule has 2 nitrogen and oxygen atoms in total. The fourth-order valence-corrected chi connectivity index (χ4v) is 2.46. The first-order chi connectivity index (χ1) is 9.81. The maximum absolute atomic E-state index is 14.0. The molecule has 0 aliphatic rings. The predicted octanol–water partition coefficient (Wildman–Crippen LogP) is 4.62. The Labute approximate surface area is 127 Å². The van der Waals surface area contributed by atoms with E-state index in [0.29, 0.717) is 0 Å². The van der Waals surface area contributed by atoms with Crippen LogP contribution >= 0.6 is 11.6 Å². The Balaban J connectivity index is 2.44. The molecule has 0 fully saturated rings. The van der Waals surface area contributed by atoms with E-state index in [1.54, 1.807) is 18.2 Å². The van der Waals surface area contributed by atoms with Crippen LogP contribution in [0.3, 0.4) is 0 Å². The van der Waals surface area contributed by atoms with Gasteiger partial charge in [0.2, 0.25) is 0 Å². The third kappa shape index (κ3) is 3.10. The van der Waals surface area contributed by atoms with E-state index in [-0.39, 0.29) is 34.4 Å². The van der Waals surface area contributed by atoms with Gasteiger partial charge in [0.05, 0.1) is 5.69 Å². The highest BCUT2D eigenvalue weighted by atomic mass is 35.5. The lowest BCUT2D eigenvalue weighted by Gasteiger charge is -2.12. The molecule has 0 aliphatic carbocycles. The van der Waals surface area contributed by atoms with Crippen LogP contribution in [0.15, 0.2) is 24.3 Å². The van der Waals surface area contributed by atoms with Crippen molar-refractivity contribution in [2.24, 2.45) is 0 Å². The molecule has 0 aromatic heterocycles. The molecule has 3 N–H and O–H groups in total. The second-order valence-corrected chi connectivity index (χ2v) is 5.69. The third-order valence-corrected chi connectivity index (χ3v) is 3.71. The van der Waals surface area contributed by atoms with E-state index >= 15 is 0 Å². The van der Waals surface area contributed by atoms with Crippen molar-refractivity contribution in [1.29, 1.82) is 0 Å². The molecule has 0 saturated carbocycles. The van der Waals surface area contributed by atoms with E-state index in [4.69, 9.17) is 17.3 Å². The van der Waals surface area contributed by atoms with Crippen molar-refractivity contribution >= 4 is 17.3 Å². The predicted molar refractivity (Wildman–Crippen MR) is 80.8 cm³/mol. The highest BCUT2D eigenvalue weighted by Crippen LogP contribution is 2.31. The number of hydrogen-bond acceptors (Lipinski definition) is 2. The lowest BCUT2D eigenvalue weighted by Crippen LogP contribution is -2.02. The van der Waals surface area contributed by atoms with Gasteiger partial charge >= 0.3 is 0 Å². The van der Waals surface area contributed by atoms with E-state index in [9.17, 15) is 13.9 Å². The molecule has 0 atom stereocenters. The van der Waals surface area contributed by atoms with Crippen LogP contribution in [-0.2, 0) is 6.42 Å². The molecule has 2 aromatic rings. The Kier molecular flexibility index (Phi) is 4.37. The van der Waals surface area contributed by atoms with Crippen LogP contribution in [0.5, 0.6) is 5.75 Å². The Hall–Kier alpha value is -1.81. The molecule has 0 spiro atoms. The zero-order valence-electron chi connectivity index (χ0n) is 11.8. The maximum atomic E-state index is 14.0. The van der Waals surface area contributed by atoms with Gasteiger partial charge in [0.25, 0.3) is 0 Å². The molecule has 0 saturated heterocycles. The first kappa shape index (κ1) is 15.6. The van der Waals surface area contributed by atoms with Gasteiger partial charge in [-0.2, -0.15) is 0 Å². The van der Waals surface area contributed by atoms with Gasteiger partial charge in [-0.25, -0.2) is 8.78 Å². The van der Waals surface area contributed by atoms with Gasteiger partial charge in [0.15, 0.2) is 11.6 Å². The van der Waals surface area contributed by atoms with Crippen molar-refractivity contribution in [3.8, 4) is 5.75 Å². The molecule has 2 aromatic carbocycles. The quantitative estimate of drug-likeness (QED) is 0.642. The smallest absolute Gasteiger partial charge is 0.182 e. The standard InChI is InChI=1S/C16H16ClF2NO/c1-8(2)10-5-9(3-4-14(10)21)6-11-12(17)7-13(20)16(19)15(11)18/h3-5,7-8,21H,6,20H2,1-2H3. The number of nitrogen functional groups attached to an aromatic ring is 1. The van der Waals surface area contributed by atoms with E-state index in [1.807, 2.05) is 13.8 Å². The number of halogens is 3. The summed E-state index contributed by atoms with van der Waals surface area (Å²) >= 11 is 5.95. The van der Waals surface area contributed by atoms with E-state index in [0.717, 1.165) is 11.1 Å². The minimum absolute atomic E-state index is 0.0590. The largest absolute Gasteiger partial charge is 0.508 e. The number of nitrogens with two attached hydrogens (primary N) is 1. The highest BCUT2D eigenvalue weighted by molar-refractivity contribution is 6.31. The fraction of sp³-hybridized carbons (Fsp3) is 0.250. The zero-order valence-corrected chi connectivity index (χ0v) is 12.5. The maximum Gasteiger partial charge on any atom is 0.182 e. The molecule has 0 amide bonds. The van der Waals surface area contributed by atoms with Gasteiger partial charge in [0, 0.05) is 17.0 Å². The Morgan fingerprint density at radius 3 is 2.48 bits per heavy atom. The summed E-state index contributed by atoms with van der Waals surface area (Å²) in [4.78, 5) is 0. The van der Waals surface area contributed by atoms with Crippen LogP contribution < -0.4 is 5.73 Å². The molecule has 2 rings (SSSR count). The summed E-state index contributed by atoms with van der Waals surface area (Å²) in [5.74, 6) is -1.81. The SMILES string of the molecule is CC(C)c1cc(Cc2c(Cl)cc(N)c(F)c2F)ccc1O. The molecule has 0 heterocycles. The number of aromatic hydroxyl groups is 1. The normalized spacial score (nSPS) is 11.1. The van der Waals surface area contributed by atoms with Crippen molar-refractivity contribution < 1.29 is 13.9 Å². The Morgan fingerprint density at radius 2 is 1.86 bits per heavy atom. The zero-order chi connectivity index (χ0) is 15.7. The summed E-state index contributed by atoms with van der Waals surface area (Å²) in [6.45, 7) is 3.88. The van der Waals surface area contributed by atoms with Crippen molar-refractivity contribution in [3.63, 3.8) is 0 Å². The summed E-state index contributed by atoms with van der Waals surface area (Å²) in [6, 6.07) is 6.18. The summed E-state index contributed by atoms with van der Waals surface area (Å²) < 4.78 is 27.5. The summed E-state index contributed by atoms with van der Waals surface area (Å²) in [5, 5.41) is 9.87. The van der Waals surface area contributed by atoms with E-state index in [2.05, 4.69) is 0 Å². The lowest BCUT2D eigenvalue weighted by molar-refractivity contribution is 0.464. The summed E-state index contributed by atoms with van der Waals surface area (Å²) in [7, 11) is 0. The van der Waals surface area contributed by atoms with Crippen LogP contribution in [0.25, 0.3) is 0 Å². The summed E-state index contributed by atoms with van der Waals surface area (Å²) in [6.07, 6.45) is 0.127. The van der Waals surface area contributed by atoms with Crippen LogP contribution in [-0.4, -0.2) is 5.11 Å². The van der Waals surface area contributed by atoms with E-state index in [1.165, 1.54) is 6.07 Å². The fourth-order valence-electron chi connectivity index (χ4n) is 2.19. The second kappa shape index (κ2) is 5.90. The minimum Gasteiger partial charge on any atom is -0.508 e. The molecule has 0 unspecified atom stereocenters. The molecule has 21 heavy (non-hydrogen) atoms. The van der Waals surface area contributed by atoms with Crippen molar-refractivity contribution in [1.82, 2.24) is 0 Å². The summed E-state index contributed by atoms with van der Waals surface area (Å²) in [5.41, 5.74) is 6.57. The monoisotopic (exact) mass is 311 g/mol. The number of hydrogen-bond donors (Lipinski definition) is 2. The Morgan fingerprint density at radius 1 is 1.19 bits per heavy atom. The number of rotatable bonds is 3. The number of benzene rings is 2. The number of phenols is 1. The molecular weight excluding hydrogens is 296 g/mol. The third-order valence-electron chi connectivity index (χ3n) is 3.38. The van der Waals surface area contributed by atoms with Crippen molar-refractivity contribution in [2.45, 2.75) is 26.2 Å². The lowest BCUT2D eigenvalue weighted by atomic mass is 9.96. The first-order valence-corrected chi connectivity index (χ1v) is 6.92. The van der Waals surface area contributed by atoms with Gasteiger partial charge in [-0.15, -0.1) is 0 Å². The van der Waals surface area contributed by atoms with Crippen molar-refractivity contribution in [2.75, 3.05) is 5.73 Å². The molecule has 0 aliphatic heterocycles. The van der Waals surface area contributed by atoms with Gasteiger partial charge < -0.3 is 10.8 Å². The molecule has 0 radical (unpaired) electrons. The van der Waals surface area contributed by atoms with Crippen LogP contribution in [0.2, 0.25) is 5.02 Å². The van der Waals surface area contributed by atoms with Gasteiger partial charge in [-0.05, 0) is 29.2 Å². The average Bonchev–Trinajstić information content (AvgIpc) is 2.42. The topological polar surface area (TPSA) is 46.2 Å². The van der Waals surface area contributed by atoms with Gasteiger partial charge in [-0.1, -0.05) is 37.6 Å². The van der Waals surface area contributed by atoms with Crippen LogP contribution in [0.1, 0.15) is 36.5 Å². The Bertz CT molecular complexity index is 686. The minimum atomic E-state index is -1.09. The highest BCUT2D eigenvalue weighted by Gasteiger charge is 2.17. The number of phenolic OH excluding ortho intramolecular Hbond substituents is 1. The molecule has 5 heteroatoms. The molecule has 112 valence electrons. The second-order valence-electron chi connectivity index (χ2n) is 5.28.